The molecule has 0 fully saturated rings. The molecule has 0 radical (unpaired) electrons. The van der Waals surface area contributed by atoms with Crippen molar-refractivity contribution in [3.05, 3.63) is 66.5 Å². The van der Waals surface area contributed by atoms with Gasteiger partial charge >= 0.3 is 0 Å². The Labute approximate surface area is 118 Å². The number of fused-ring (bicyclic) bond motifs is 1. The van der Waals surface area contributed by atoms with Crippen molar-refractivity contribution in [2.45, 2.75) is 6.92 Å². The first kappa shape index (κ1) is 13.4. The van der Waals surface area contributed by atoms with Gasteiger partial charge in [0.15, 0.2) is 0 Å². The zero-order valence-corrected chi connectivity index (χ0v) is 11.4. The van der Waals surface area contributed by atoms with E-state index in [1.54, 1.807) is 12.4 Å². The van der Waals surface area contributed by atoms with Gasteiger partial charge in [0.05, 0.1) is 0 Å². The monoisotopic (exact) mass is 270 g/mol. The van der Waals surface area contributed by atoms with Crippen LogP contribution in [0.4, 0.5) is 11.4 Å². The van der Waals surface area contributed by atoms with Crippen LogP contribution in [-0.4, -0.2) is 4.98 Å². The number of benzene rings is 2. The zero-order valence-electron chi connectivity index (χ0n) is 10.6. The van der Waals surface area contributed by atoms with Crippen molar-refractivity contribution in [1.29, 1.82) is 0 Å². The van der Waals surface area contributed by atoms with Gasteiger partial charge in [-0.25, -0.2) is 0 Å². The van der Waals surface area contributed by atoms with Gasteiger partial charge in [0, 0.05) is 29.2 Å². The average molecular weight is 271 g/mol. The number of pyridine rings is 1. The third-order valence-corrected chi connectivity index (χ3v) is 3.00. The van der Waals surface area contributed by atoms with E-state index < -0.39 is 0 Å². The molecular weight excluding hydrogens is 256 g/mol. The van der Waals surface area contributed by atoms with E-state index in [0.29, 0.717) is 0 Å². The molecule has 2 nitrogen and oxygen atoms in total. The Bertz CT molecular complexity index is 681. The topological polar surface area (TPSA) is 24.9 Å². The maximum absolute atomic E-state index is 4.02. The van der Waals surface area contributed by atoms with Gasteiger partial charge in [-0.15, -0.1) is 12.4 Å². The van der Waals surface area contributed by atoms with Gasteiger partial charge in [-0.3, -0.25) is 4.98 Å². The fraction of sp³-hybridized carbons (Fsp3) is 0.0625. The summed E-state index contributed by atoms with van der Waals surface area (Å²) in [6.45, 7) is 2.11. The van der Waals surface area contributed by atoms with Crippen LogP contribution in [0.1, 0.15) is 5.56 Å². The van der Waals surface area contributed by atoms with Crippen molar-refractivity contribution < 1.29 is 0 Å². The molecule has 96 valence electrons. The first-order valence-electron chi connectivity index (χ1n) is 5.99. The summed E-state index contributed by atoms with van der Waals surface area (Å²) < 4.78 is 0. The SMILES string of the molecule is Cc1ccc2cccc(Nc3ccncc3)c2c1.Cl. The van der Waals surface area contributed by atoms with Crippen LogP contribution in [0.25, 0.3) is 10.8 Å². The lowest BCUT2D eigenvalue weighted by Crippen LogP contribution is -1.91. The molecule has 3 heteroatoms. The summed E-state index contributed by atoms with van der Waals surface area (Å²) in [5, 5.41) is 5.93. The summed E-state index contributed by atoms with van der Waals surface area (Å²) >= 11 is 0. The van der Waals surface area contributed by atoms with Crippen LogP contribution in [0.15, 0.2) is 60.9 Å². The van der Waals surface area contributed by atoms with E-state index in [2.05, 4.69) is 53.6 Å². The second kappa shape index (κ2) is 5.72. The summed E-state index contributed by atoms with van der Waals surface area (Å²) in [6, 6.07) is 16.7. The van der Waals surface area contributed by atoms with Gasteiger partial charge in [0.2, 0.25) is 0 Å². The Morgan fingerprint density at radius 3 is 2.53 bits per heavy atom. The molecule has 3 rings (SSSR count). The van der Waals surface area contributed by atoms with Crippen molar-refractivity contribution in [1.82, 2.24) is 4.98 Å². The molecular formula is C16H15ClN2. The molecule has 0 amide bonds. The van der Waals surface area contributed by atoms with Crippen LogP contribution in [0, 0.1) is 6.92 Å². The molecule has 0 aliphatic heterocycles. The highest BCUT2D eigenvalue weighted by atomic mass is 35.5. The zero-order chi connectivity index (χ0) is 12.4. The molecule has 0 spiro atoms. The molecule has 1 aromatic heterocycles. The van der Waals surface area contributed by atoms with Crippen molar-refractivity contribution in [3.63, 3.8) is 0 Å². The molecule has 0 atom stereocenters. The van der Waals surface area contributed by atoms with E-state index in [1.807, 2.05) is 12.1 Å². The Morgan fingerprint density at radius 1 is 0.947 bits per heavy atom. The molecule has 0 aliphatic rings. The fourth-order valence-corrected chi connectivity index (χ4v) is 2.09. The number of halogens is 1. The smallest absolute Gasteiger partial charge is 0.0464 e. The second-order valence-corrected chi connectivity index (χ2v) is 4.39. The van der Waals surface area contributed by atoms with Gasteiger partial charge in [0.25, 0.3) is 0 Å². The first-order chi connectivity index (χ1) is 8.83. The quantitative estimate of drug-likeness (QED) is 0.729. The second-order valence-electron chi connectivity index (χ2n) is 4.39. The summed E-state index contributed by atoms with van der Waals surface area (Å²) in [6.07, 6.45) is 3.58. The molecule has 0 bridgehead atoms. The Balaban J connectivity index is 0.00000133. The van der Waals surface area contributed by atoms with E-state index in [0.717, 1.165) is 11.4 Å². The van der Waals surface area contributed by atoms with E-state index in [-0.39, 0.29) is 12.4 Å². The number of aryl methyl sites for hydroxylation is 1. The number of nitrogens with one attached hydrogen (secondary N) is 1. The maximum atomic E-state index is 4.02. The minimum atomic E-state index is 0. The molecule has 0 saturated carbocycles. The molecule has 3 aromatic rings. The van der Waals surface area contributed by atoms with Crippen LogP contribution in [0.5, 0.6) is 0 Å². The lowest BCUT2D eigenvalue weighted by atomic mass is 10.1. The number of hydrogen-bond donors (Lipinski definition) is 1. The number of rotatable bonds is 2. The molecule has 0 unspecified atom stereocenters. The molecule has 2 aromatic carbocycles. The third kappa shape index (κ3) is 2.85. The van der Waals surface area contributed by atoms with Gasteiger partial charge in [0.1, 0.15) is 0 Å². The molecule has 0 aliphatic carbocycles. The van der Waals surface area contributed by atoms with Gasteiger partial charge in [-0.05, 0) is 36.6 Å². The van der Waals surface area contributed by atoms with Crippen molar-refractivity contribution >= 4 is 34.6 Å². The van der Waals surface area contributed by atoms with E-state index >= 15 is 0 Å². The van der Waals surface area contributed by atoms with Crippen molar-refractivity contribution in [2.24, 2.45) is 0 Å². The van der Waals surface area contributed by atoms with Crippen LogP contribution in [-0.2, 0) is 0 Å². The molecule has 19 heavy (non-hydrogen) atoms. The summed E-state index contributed by atoms with van der Waals surface area (Å²) in [7, 11) is 0. The largest absolute Gasteiger partial charge is 0.355 e. The number of nitrogens with zero attached hydrogens (tertiary/aromatic N) is 1. The van der Waals surface area contributed by atoms with Crippen LogP contribution in [0.2, 0.25) is 0 Å². The normalized spacial score (nSPS) is 9.95. The maximum Gasteiger partial charge on any atom is 0.0464 e. The highest BCUT2D eigenvalue weighted by molar-refractivity contribution is 5.95. The highest BCUT2D eigenvalue weighted by Gasteiger charge is 2.01. The minimum absolute atomic E-state index is 0. The number of aromatic nitrogens is 1. The van der Waals surface area contributed by atoms with E-state index in [1.165, 1.54) is 16.3 Å². The summed E-state index contributed by atoms with van der Waals surface area (Å²) in [5.41, 5.74) is 3.45. The van der Waals surface area contributed by atoms with Crippen molar-refractivity contribution in [3.8, 4) is 0 Å². The third-order valence-electron chi connectivity index (χ3n) is 3.00. The Kier molecular flexibility index (Phi) is 4.03. The summed E-state index contributed by atoms with van der Waals surface area (Å²) in [4.78, 5) is 4.02. The van der Waals surface area contributed by atoms with Crippen LogP contribution in [0.3, 0.4) is 0 Å². The number of hydrogen-bond acceptors (Lipinski definition) is 2. The lowest BCUT2D eigenvalue weighted by molar-refractivity contribution is 1.33. The van der Waals surface area contributed by atoms with Gasteiger partial charge in [-0.1, -0.05) is 29.8 Å². The first-order valence-corrected chi connectivity index (χ1v) is 5.99. The summed E-state index contributed by atoms with van der Waals surface area (Å²) in [5.74, 6) is 0. The van der Waals surface area contributed by atoms with E-state index in [9.17, 15) is 0 Å². The Hall–Kier alpha value is -2.06. The fourth-order valence-electron chi connectivity index (χ4n) is 2.09. The van der Waals surface area contributed by atoms with Crippen molar-refractivity contribution in [2.75, 3.05) is 5.32 Å². The predicted molar refractivity (Wildman–Crippen MR) is 83.5 cm³/mol. The van der Waals surface area contributed by atoms with E-state index in [4.69, 9.17) is 0 Å². The van der Waals surface area contributed by atoms with Crippen LogP contribution >= 0.6 is 12.4 Å². The Morgan fingerprint density at radius 2 is 1.74 bits per heavy atom. The van der Waals surface area contributed by atoms with Gasteiger partial charge in [-0.2, -0.15) is 0 Å². The molecule has 1 N–H and O–H groups in total. The predicted octanol–water partition coefficient (Wildman–Crippen LogP) is 4.71. The molecule has 0 saturated heterocycles. The number of anilines is 2. The average Bonchev–Trinajstić information content (AvgIpc) is 2.41. The van der Waals surface area contributed by atoms with Gasteiger partial charge < -0.3 is 5.32 Å². The molecule has 1 heterocycles. The highest BCUT2D eigenvalue weighted by Crippen LogP contribution is 2.26. The lowest BCUT2D eigenvalue weighted by Gasteiger charge is -2.10. The van der Waals surface area contributed by atoms with Crippen LogP contribution < -0.4 is 5.32 Å². The standard InChI is InChI=1S/C16H14N2.ClH/c1-12-5-6-13-3-2-4-16(15(13)11-12)18-14-7-9-17-10-8-14;/h2-11H,1H3,(H,17,18);1H. The minimum Gasteiger partial charge on any atom is -0.355 e.